The van der Waals surface area contributed by atoms with Gasteiger partial charge in [0.2, 0.25) is 0 Å². The van der Waals surface area contributed by atoms with E-state index in [0.717, 1.165) is 0 Å². The standard InChI is InChI=1S/C18H38O4S/c1-3-5-7-9-10-12-14-18(13-11-8-6-4-2)17-22-15-16-23(19,20)21/h18H,3-17H2,1-2H3,(H,19,20,21). The Hall–Kier alpha value is -0.130. The van der Waals surface area contributed by atoms with E-state index in [0.29, 0.717) is 12.5 Å². The first-order valence-corrected chi connectivity index (χ1v) is 11.1. The molecule has 1 N–H and O–H groups in total. The van der Waals surface area contributed by atoms with Gasteiger partial charge in [0, 0.05) is 6.61 Å². The Bertz CT molecular complexity index is 341. The summed E-state index contributed by atoms with van der Waals surface area (Å²) in [4.78, 5) is 0. The van der Waals surface area contributed by atoms with Crippen LogP contribution in [-0.2, 0) is 14.9 Å². The molecule has 0 fully saturated rings. The van der Waals surface area contributed by atoms with Crippen LogP contribution in [0.2, 0.25) is 0 Å². The molecule has 1 atom stereocenters. The molecule has 140 valence electrons. The Morgan fingerprint density at radius 1 is 0.826 bits per heavy atom. The van der Waals surface area contributed by atoms with Gasteiger partial charge in [0.05, 0.1) is 12.4 Å². The van der Waals surface area contributed by atoms with E-state index in [2.05, 4.69) is 13.8 Å². The maximum atomic E-state index is 10.7. The second kappa shape index (κ2) is 15.4. The monoisotopic (exact) mass is 350 g/mol. The predicted octanol–water partition coefficient (Wildman–Crippen LogP) is 5.23. The molecule has 0 amide bonds. The molecule has 23 heavy (non-hydrogen) atoms. The summed E-state index contributed by atoms with van der Waals surface area (Å²) in [7, 11) is -3.90. The van der Waals surface area contributed by atoms with E-state index in [9.17, 15) is 8.42 Å². The summed E-state index contributed by atoms with van der Waals surface area (Å²) in [5, 5.41) is 0. The lowest BCUT2D eigenvalue weighted by atomic mass is 9.95. The minimum atomic E-state index is -3.90. The van der Waals surface area contributed by atoms with Gasteiger partial charge in [-0.25, -0.2) is 0 Å². The average molecular weight is 351 g/mol. The van der Waals surface area contributed by atoms with E-state index in [-0.39, 0.29) is 12.4 Å². The Morgan fingerprint density at radius 3 is 1.83 bits per heavy atom. The highest BCUT2D eigenvalue weighted by atomic mass is 32.2. The maximum Gasteiger partial charge on any atom is 0.267 e. The first-order valence-electron chi connectivity index (χ1n) is 9.52. The Morgan fingerprint density at radius 2 is 1.30 bits per heavy atom. The molecule has 5 heteroatoms. The summed E-state index contributed by atoms with van der Waals surface area (Å²) in [6.45, 7) is 5.17. The highest BCUT2D eigenvalue weighted by Gasteiger charge is 2.10. The van der Waals surface area contributed by atoms with Crippen molar-refractivity contribution in [2.45, 2.75) is 90.9 Å². The van der Waals surface area contributed by atoms with Gasteiger partial charge in [0.25, 0.3) is 10.1 Å². The van der Waals surface area contributed by atoms with Crippen molar-refractivity contribution >= 4 is 10.1 Å². The van der Waals surface area contributed by atoms with Crippen LogP contribution in [0.15, 0.2) is 0 Å². The average Bonchev–Trinajstić information content (AvgIpc) is 2.49. The topological polar surface area (TPSA) is 63.6 Å². The minimum Gasteiger partial charge on any atom is -0.380 e. The quantitative estimate of drug-likeness (QED) is 0.288. The second-order valence-corrected chi connectivity index (χ2v) is 8.20. The number of hydrogen-bond acceptors (Lipinski definition) is 3. The van der Waals surface area contributed by atoms with Crippen LogP contribution in [0, 0.1) is 5.92 Å². The summed E-state index contributed by atoms with van der Waals surface area (Å²) in [5.41, 5.74) is 0. The third kappa shape index (κ3) is 18.1. The first-order chi connectivity index (χ1) is 11.0. The zero-order valence-corrected chi connectivity index (χ0v) is 16.1. The van der Waals surface area contributed by atoms with Crippen molar-refractivity contribution in [2.24, 2.45) is 5.92 Å². The van der Waals surface area contributed by atoms with E-state index in [1.165, 1.54) is 77.0 Å². The normalized spacial score (nSPS) is 13.3. The molecule has 0 saturated carbocycles. The number of rotatable bonds is 17. The van der Waals surface area contributed by atoms with E-state index in [1.807, 2.05) is 0 Å². The predicted molar refractivity (Wildman–Crippen MR) is 97.5 cm³/mol. The Balaban J connectivity index is 3.88. The van der Waals surface area contributed by atoms with Gasteiger partial charge in [-0.05, 0) is 18.8 Å². The Kier molecular flexibility index (Phi) is 15.3. The maximum absolute atomic E-state index is 10.7. The molecule has 0 aromatic rings. The van der Waals surface area contributed by atoms with Crippen molar-refractivity contribution in [3.63, 3.8) is 0 Å². The van der Waals surface area contributed by atoms with Crippen LogP contribution in [0.3, 0.4) is 0 Å². The molecule has 4 nitrogen and oxygen atoms in total. The van der Waals surface area contributed by atoms with Crippen LogP contribution < -0.4 is 0 Å². The van der Waals surface area contributed by atoms with E-state index >= 15 is 0 Å². The molecular weight excluding hydrogens is 312 g/mol. The highest BCUT2D eigenvalue weighted by molar-refractivity contribution is 7.85. The summed E-state index contributed by atoms with van der Waals surface area (Å²) < 4.78 is 35.6. The van der Waals surface area contributed by atoms with Crippen molar-refractivity contribution in [1.82, 2.24) is 0 Å². The van der Waals surface area contributed by atoms with Crippen LogP contribution in [0.25, 0.3) is 0 Å². The number of ether oxygens (including phenoxy) is 1. The molecular formula is C18H38O4S. The summed E-state index contributed by atoms with van der Waals surface area (Å²) in [6.07, 6.45) is 15.2. The van der Waals surface area contributed by atoms with Crippen molar-refractivity contribution in [3.05, 3.63) is 0 Å². The van der Waals surface area contributed by atoms with Crippen molar-refractivity contribution in [1.29, 1.82) is 0 Å². The van der Waals surface area contributed by atoms with Gasteiger partial charge in [-0.15, -0.1) is 0 Å². The third-order valence-electron chi connectivity index (χ3n) is 4.27. The lowest BCUT2D eigenvalue weighted by Gasteiger charge is -2.17. The van der Waals surface area contributed by atoms with Gasteiger partial charge in [-0.2, -0.15) is 8.42 Å². The van der Waals surface area contributed by atoms with E-state index in [4.69, 9.17) is 9.29 Å². The zero-order valence-electron chi connectivity index (χ0n) is 15.3. The fraction of sp³-hybridized carbons (Fsp3) is 1.00. The molecule has 0 radical (unpaired) electrons. The summed E-state index contributed by atoms with van der Waals surface area (Å²) in [6, 6.07) is 0. The molecule has 0 aromatic carbocycles. The molecule has 0 rings (SSSR count). The zero-order chi connectivity index (χ0) is 17.4. The first kappa shape index (κ1) is 22.9. The van der Waals surface area contributed by atoms with Crippen molar-refractivity contribution in [3.8, 4) is 0 Å². The van der Waals surface area contributed by atoms with E-state index < -0.39 is 10.1 Å². The number of hydrogen-bond donors (Lipinski definition) is 1. The molecule has 0 saturated heterocycles. The molecule has 0 aliphatic carbocycles. The lowest BCUT2D eigenvalue weighted by Crippen LogP contribution is -2.16. The smallest absolute Gasteiger partial charge is 0.267 e. The van der Waals surface area contributed by atoms with Crippen LogP contribution >= 0.6 is 0 Å². The lowest BCUT2D eigenvalue weighted by molar-refractivity contribution is 0.102. The van der Waals surface area contributed by atoms with Crippen LogP contribution in [0.1, 0.15) is 90.9 Å². The van der Waals surface area contributed by atoms with Crippen LogP contribution in [0.5, 0.6) is 0 Å². The molecule has 0 heterocycles. The van der Waals surface area contributed by atoms with Crippen LogP contribution in [-0.4, -0.2) is 31.9 Å². The van der Waals surface area contributed by atoms with Gasteiger partial charge in [0.15, 0.2) is 0 Å². The van der Waals surface area contributed by atoms with Gasteiger partial charge >= 0.3 is 0 Å². The van der Waals surface area contributed by atoms with Gasteiger partial charge in [0.1, 0.15) is 0 Å². The summed E-state index contributed by atoms with van der Waals surface area (Å²) in [5.74, 6) is 0.228. The third-order valence-corrected chi connectivity index (χ3v) is 4.95. The molecule has 0 spiro atoms. The highest BCUT2D eigenvalue weighted by Crippen LogP contribution is 2.19. The van der Waals surface area contributed by atoms with Crippen LogP contribution in [0.4, 0.5) is 0 Å². The fourth-order valence-electron chi connectivity index (χ4n) is 2.80. The van der Waals surface area contributed by atoms with Gasteiger partial charge in [-0.3, -0.25) is 4.55 Å². The van der Waals surface area contributed by atoms with Gasteiger partial charge < -0.3 is 4.74 Å². The molecule has 0 aliphatic heterocycles. The molecule has 0 aromatic heterocycles. The van der Waals surface area contributed by atoms with Gasteiger partial charge in [-0.1, -0.05) is 78.1 Å². The summed E-state index contributed by atoms with van der Waals surface area (Å²) >= 11 is 0. The molecule has 0 bridgehead atoms. The second-order valence-electron chi connectivity index (χ2n) is 6.63. The largest absolute Gasteiger partial charge is 0.380 e. The molecule has 1 unspecified atom stereocenters. The van der Waals surface area contributed by atoms with Crippen molar-refractivity contribution in [2.75, 3.05) is 19.0 Å². The van der Waals surface area contributed by atoms with Crippen molar-refractivity contribution < 1.29 is 17.7 Å². The number of unbranched alkanes of at least 4 members (excludes halogenated alkanes) is 8. The van der Waals surface area contributed by atoms with E-state index in [1.54, 1.807) is 0 Å². The Labute approximate surface area is 144 Å². The minimum absolute atomic E-state index is 0.0980. The fourth-order valence-corrected chi connectivity index (χ4v) is 3.13. The SMILES string of the molecule is CCCCCCCCC(CCCCCC)COCCS(=O)(=O)O. The molecule has 0 aliphatic rings.